The number of thioether (sulfide) groups is 1. The number of hydrogen-bond acceptors (Lipinski definition) is 5. The molecule has 2 rings (SSSR count). The third-order valence-electron chi connectivity index (χ3n) is 4.33. The first-order chi connectivity index (χ1) is 12.1. The quantitative estimate of drug-likeness (QED) is 0.647. The van der Waals surface area contributed by atoms with Crippen LogP contribution in [0.25, 0.3) is 0 Å². The zero-order chi connectivity index (χ0) is 18.1. The molecule has 7 heteroatoms. The number of hydrogen-bond donors (Lipinski definition) is 3. The molecule has 6 nitrogen and oxygen atoms in total. The molecule has 0 saturated carbocycles. The molecule has 1 fully saturated rings. The van der Waals surface area contributed by atoms with Gasteiger partial charge in [-0.2, -0.15) is 11.8 Å². The largest absolute Gasteiger partial charge is 0.352 e. The van der Waals surface area contributed by atoms with Gasteiger partial charge in [0.25, 0.3) is 0 Å². The summed E-state index contributed by atoms with van der Waals surface area (Å²) in [6, 6.07) is 9.19. The number of piperidine rings is 1. The molecule has 138 valence electrons. The zero-order valence-corrected chi connectivity index (χ0v) is 15.6. The highest BCUT2D eigenvalue weighted by Crippen LogP contribution is 2.11. The van der Waals surface area contributed by atoms with E-state index in [0.29, 0.717) is 13.0 Å². The van der Waals surface area contributed by atoms with Gasteiger partial charge in [-0.25, -0.2) is 0 Å². The molecule has 1 aliphatic heterocycles. The van der Waals surface area contributed by atoms with Gasteiger partial charge < -0.3 is 16.4 Å². The maximum Gasteiger partial charge on any atom is 0.238 e. The van der Waals surface area contributed by atoms with E-state index < -0.39 is 6.04 Å². The average Bonchev–Trinajstić information content (AvgIpc) is 2.62. The lowest BCUT2D eigenvalue weighted by Crippen LogP contribution is -2.50. The van der Waals surface area contributed by atoms with Gasteiger partial charge in [-0.1, -0.05) is 18.2 Å². The zero-order valence-electron chi connectivity index (χ0n) is 14.7. The summed E-state index contributed by atoms with van der Waals surface area (Å²) >= 11 is 1.70. The molecule has 1 unspecified atom stereocenters. The molecule has 1 heterocycles. The highest BCUT2D eigenvalue weighted by atomic mass is 32.2. The first-order valence-corrected chi connectivity index (χ1v) is 10.1. The minimum absolute atomic E-state index is 0.00669. The molecule has 1 atom stereocenters. The predicted molar refractivity (Wildman–Crippen MR) is 104 cm³/mol. The van der Waals surface area contributed by atoms with Crippen molar-refractivity contribution in [2.75, 3.05) is 37.0 Å². The summed E-state index contributed by atoms with van der Waals surface area (Å²) in [6.45, 7) is 1.98. The monoisotopic (exact) mass is 364 g/mol. The molecular weight excluding hydrogens is 336 g/mol. The fourth-order valence-electron chi connectivity index (χ4n) is 2.84. The molecule has 0 radical (unpaired) electrons. The fraction of sp³-hybridized carbons (Fsp3) is 0.556. The number of anilines is 1. The smallest absolute Gasteiger partial charge is 0.238 e. The molecule has 1 saturated heterocycles. The standard InChI is InChI=1S/C18H28N4O2S/c1-25-12-9-16(19)18(24)21-15-7-10-22(11-8-15)13-17(23)20-14-5-3-2-4-6-14/h2-6,15-16H,7-13,19H2,1H3,(H,20,23)(H,21,24). The molecule has 0 aliphatic carbocycles. The second-order valence-corrected chi connectivity index (χ2v) is 7.35. The summed E-state index contributed by atoms with van der Waals surface area (Å²) in [5.41, 5.74) is 6.71. The van der Waals surface area contributed by atoms with E-state index in [1.54, 1.807) is 11.8 Å². The van der Waals surface area contributed by atoms with E-state index in [9.17, 15) is 9.59 Å². The molecule has 2 amide bonds. The molecule has 4 N–H and O–H groups in total. The minimum atomic E-state index is -0.429. The van der Waals surface area contributed by atoms with Gasteiger partial charge >= 0.3 is 0 Å². The van der Waals surface area contributed by atoms with Crippen molar-refractivity contribution in [3.8, 4) is 0 Å². The van der Waals surface area contributed by atoms with Crippen molar-refractivity contribution in [2.45, 2.75) is 31.3 Å². The number of benzene rings is 1. The number of nitrogens with zero attached hydrogens (tertiary/aromatic N) is 1. The molecule has 0 bridgehead atoms. The maximum absolute atomic E-state index is 12.1. The van der Waals surface area contributed by atoms with Crippen molar-refractivity contribution >= 4 is 29.3 Å². The fourth-order valence-corrected chi connectivity index (χ4v) is 3.33. The van der Waals surface area contributed by atoms with E-state index in [-0.39, 0.29) is 17.9 Å². The molecule has 0 aromatic heterocycles. The first kappa shape index (κ1) is 19.8. The second kappa shape index (κ2) is 10.4. The Morgan fingerprint density at radius 3 is 2.60 bits per heavy atom. The van der Waals surface area contributed by atoms with Crippen LogP contribution in [0.4, 0.5) is 5.69 Å². The topological polar surface area (TPSA) is 87.5 Å². The molecule has 1 aromatic carbocycles. The van der Waals surface area contributed by atoms with E-state index in [1.165, 1.54) is 0 Å². The normalized spacial score (nSPS) is 17.0. The molecule has 25 heavy (non-hydrogen) atoms. The molecule has 1 aromatic rings. The van der Waals surface area contributed by atoms with Gasteiger partial charge in [-0.3, -0.25) is 14.5 Å². The van der Waals surface area contributed by atoms with Crippen LogP contribution in [0.2, 0.25) is 0 Å². The van der Waals surface area contributed by atoms with Crippen molar-refractivity contribution in [3.05, 3.63) is 30.3 Å². The van der Waals surface area contributed by atoms with Gasteiger partial charge in [-0.05, 0) is 43.4 Å². The number of amides is 2. The van der Waals surface area contributed by atoms with Gasteiger partial charge in [-0.15, -0.1) is 0 Å². The van der Waals surface area contributed by atoms with Crippen LogP contribution in [-0.2, 0) is 9.59 Å². The lowest BCUT2D eigenvalue weighted by atomic mass is 10.0. The van der Waals surface area contributed by atoms with Crippen molar-refractivity contribution in [3.63, 3.8) is 0 Å². The van der Waals surface area contributed by atoms with Gasteiger partial charge in [0.05, 0.1) is 12.6 Å². The third kappa shape index (κ3) is 7.05. The molecule has 1 aliphatic rings. The predicted octanol–water partition coefficient (Wildman–Crippen LogP) is 1.29. The Labute approximate surface area is 153 Å². The van der Waals surface area contributed by atoms with Crippen LogP contribution in [0.1, 0.15) is 19.3 Å². The Hall–Kier alpha value is -1.57. The van der Waals surface area contributed by atoms with Crippen LogP contribution < -0.4 is 16.4 Å². The summed E-state index contributed by atoms with van der Waals surface area (Å²) in [7, 11) is 0. The van der Waals surface area contributed by atoms with Crippen LogP contribution in [0.5, 0.6) is 0 Å². The second-order valence-electron chi connectivity index (χ2n) is 6.36. The summed E-state index contributed by atoms with van der Waals surface area (Å²) in [4.78, 5) is 26.3. The van der Waals surface area contributed by atoms with Crippen LogP contribution in [0, 0.1) is 0 Å². The first-order valence-electron chi connectivity index (χ1n) is 8.70. The lowest BCUT2D eigenvalue weighted by Gasteiger charge is -2.32. The Morgan fingerprint density at radius 1 is 1.28 bits per heavy atom. The number of para-hydroxylation sites is 1. The van der Waals surface area contributed by atoms with Crippen LogP contribution in [0.15, 0.2) is 30.3 Å². The van der Waals surface area contributed by atoms with Crippen molar-refractivity contribution < 1.29 is 9.59 Å². The van der Waals surface area contributed by atoms with Crippen LogP contribution in [0.3, 0.4) is 0 Å². The van der Waals surface area contributed by atoms with E-state index in [4.69, 9.17) is 5.73 Å². The number of carbonyl (C=O) groups is 2. The number of nitrogens with one attached hydrogen (secondary N) is 2. The minimum Gasteiger partial charge on any atom is -0.352 e. The van der Waals surface area contributed by atoms with Gasteiger partial charge in [0, 0.05) is 24.8 Å². The van der Waals surface area contributed by atoms with E-state index >= 15 is 0 Å². The van der Waals surface area contributed by atoms with Crippen molar-refractivity contribution in [1.29, 1.82) is 0 Å². The Bertz CT molecular complexity index is 547. The Balaban J connectivity index is 1.67. The SMILES string of the molecule is CSCCC(N)C(=O)NC1CCN(CC(=O)Nc2ccccc2)CC1. The van der Waals surface area contributed by atoms with Crippen molar-refractivity contribution in [1.82, 2.24) is 10.2 Å². The summed E-state index contributed by atoms with van der Waals surface area (Å²) in [5, 5.41) is 5.94. The number of likely N-dealkylation sites (tertiary alicyclic amines) is 1. The Morgan fingerprint density at radius 2 is 1.96 bits per heavy atom. The lowest BCUT2D eigenvalue weighted by molar-refractivity contribution is -0.123. The van der Waals surface area contributed by atoms with Gasteiger partial charge in [0.15, 0.2) is 0 Å². The van der Waals surface area contributed by atoms with E-state index in [1.807, 2.05) is 36.6 Å². The van der Waals surface area contributed by atoms with Crippen LogP contribution in [-0.4, -0.2) is 60.4 Å². The highest BCUT2D eigenvalue weighted by molar-refractivity contribution is 7.98. The van der Waals surface area contributed by atoms with Crippen LogP contribution >= 0.6 is 11.8 Å². The average molecular weight is 365 g/mol. The maximum atomic E-state index is 12.1. The highest BCUT2D eigenvalue weighted by Gasteiger charge is 2.23. The van der Waals surface area contributed by atoms with Crippen molar-refractivity contribution in [2.24, 2.45) is 5.73 Å². The molecular formula is C18H28N4O2S. The number of rotatable bonds is 8. The number of carbonyl (C=O) groups excluding carboxylic acids is 2. The summed E-state index contributed by atoms with van der Waals surface area (Å²) in [6.07, 6.45) is 4.40. The number of nitrogens with two attached hydrogens (primary N) is 1. The summed E-state index contributed by atoms with van der Waals surface area (Å²) < 4.78 is 0. The third-order valence-corrected chi connectivity index (χ3v) is 4.97. The molecule has 0 spiro atoms. The van der Waals surface area contributed by atoms with Gasteiger partial charge in [0.1, 0.15) is 0 Å². The van der Waals surface area contributed by atoms with E-state index in [0.717, 1.165) is 37.4 Å². The van der Waals surface area contributed by atoms with E-state index in [2.05, 4.69) is 15.5 Å². The summed E-state index contributed by atoms with van der Waals surface area (Å²) in [5.74, 6) is 0.825. The van der Waals surface area contributed by atoms with Gasteiger partial charge in [0.2, 0.25) is 11.8 Å². The Kier molecular flexibility index (Phi) is 8.24.